The van der Waals surface area contributed by atoms with Crippen molar-refractivity contribution in [3.05, 3.63) is 35.6 Å². The number of morpholine rings is 1. The Bertz CT molecular complexity index is 438. The number of amides is 1. The van der Waals surface area contributed by atoms with E-state index in [9.17, 15) is 14.3 Å². The average molecular weight is 319 g/mol. The summed E-state index contributed by atoms with van der Waals surface area (Å²) in [6, 6.07) is 5.56. The minimum atomic E-state index is -0.843. The largest absolute Gasteiger partial charge is 0.387 e. The summed E-state index contributed by atoms with van der Waals surface area (Å²) in [5.41, 5.74) is 0.572. The Kier molecular flexibility index (Phi) is 7.60. The molecule has 1 aromatic rings. The molecule has 1 saturated heterocycles. The molecule has 0 aliphatic carbocycles. The van der Waals surface area contributed by atoms with E-state index >= 15 is 0 Å². The lowest BCUT2D eigenvalue weighted by molar-refractivity contribution is -0.124. The Labute approximate surface area is 129 Å². The summed E-state index contributed by atoms with van der Waals surface area (Å²) in [6.07, 6.45) is -0.694. The zero-order valence-electron chi connectivity index (χ0n) is 11.5. The first-order chi connectivity index (χ1) is 9.65. The maximum atomic E-state index is 12.8. The number of aliphatic hydroxyl groups is 1. The van der Waals surface area contributed by atoms with Crippen LogP contribution in [0, 0.1) is 5.82 Å². The van der Waals surface area contributed by atoms with E-state index in [0.717, 1.165) is 6.54 Å². The Morgan fingerprint density at radius 2 is 2.19 bits per heavy atom. The molecule has 2 rings (SSSR count). The number of nitrogens with one attached hydrogen (secondary N) is 2. The summed E-state index contributed by atoms with van der Waals surface area (Å²) in [5.74, 6) is -0.521. The minimum absolute atomic E-state index is 0. The predicted octanol–water partition coefficient (Wildman–Crippen LogP) is 0.776. The summed E-state index contributed by atoms with van der Waals surface area (Å²) in [7, 11) is 0. The van der Waals surface area contributed by atoms with Crippen LogP contribution in [0.5, 0.6) is 0 Å². The molecule has 0 bridgehead atoms. The smallest absolute Gasteiger partial charge is 0.222 e. The van der Waals surface area contributed by atoms with Gasteiger partial charge in [0.15, 0.2) is 0 Å². The van der Waals surface area contributed by atoms with E-state index in [2.05, 4.69) is 10.6 Å². The van der Waals surface area contributed by atoms with Gasteiger partial charge in [0.2, 0.25) is 5.91 Å². The lowest BCUT2D eigenvalue weighted by atomic mass is 10.1. The molecule has 3 N–H and O–H groups in total. The highest BCUT2D eigenvalue weighted by atomic mass is 35.5. The van der Waals surface area contributed by atoms with Gasteiger partial charge in [-0.15, -0.1) is 12.4 Å². The highest BCUT2D eigenvalue weighted by Gasteiger charge is 2.18. The number of carbonyl (C=O) groups excluding carboxylic acids is 1. The van der Waals surface area contributed by atoms with Gasteiger partial charge in [0.25, 0.3) is 0 Å². The molecule has 2 unspecified atom stereocenters. The van der Waals surface area contributed by atoms with Gasteiger partial charge in [0, 0.05) is 19.6 Å². The fourth-order valence-corrected chi connectivity index (χ4v) is 2.04. The van der Waals surface area contributed by atoms with Gasteiger partial charge < -0.3 is 20.5 Å². The van der Waals surface area contributed by atoms with Crippen LogP contribution in [-0.2, 0) is 9.53 Å². The standard InChI is InChI=1S/C14H19FN2O3.ClH/c15-11-3-1-10(2-4-11)13(18)9-17-14(19)7-12-8-16-5-6-20-12;/h1-4,12-13,16,18H,5-9H2,(H,17,19);1H. The third-order valence-electron chi connectivity index (χ3n) is 3.16. The van der Waals surface area contributed by atoms with Crippen LogP contribution in [0.3, 0.4) is 0 Å². The molecule has 1 aromatic carbocycles. The van der Waals surface area contributed by atoms with E-state index in [0.29, 0.717) is 18.7 Å². The summed E-state index contributed by atoms with van der Waals surface area (Å²) < 4.78 is 18.2. The van der Waals surface area contributed by atoms with Gasteiger partial charge in [-0.1, -0.05) is 12.1 Å². The van der Waals surface area contributed by atoms with Crippen LogP contribution in [0.1, 0.15) is 18.1 Å². The fraction of sp³-hybridized carbons (Fsp3) is 0.500. The van der Waals surface area contributed by atoms with Crippen LogP contribution >= 0.6 is 12.4 Å². The van der Waals surface area contributed by atoms with E-state index in [4.69, 9.17) is 4.74 Å². The van der Waals surface area contributed by atoms with Gasteiger partial charge in [-0.05, 0) is 17.7 Å². The maximum Gasteiger partial charge on any atom is 0.222 e. The van der Waals surface area contributed by atoms with E-state index in [1.807, 2.05) is 0 Å². The number of aliphatic hydroxyl groups excluding tert-OH is 1. The van der Waals surface area contributed by atoms with Crippen LogP contribution in [0.25, 0.3) is 0 Å². The zero-order chi connectivity index (χ0) is 14.4. The van der Waals surface area contributed by atoms with Crippen LogP contribution in [0.2, 0.25) is 0 Å². The number of halogens is 2. The molecule has 1 fully saturated rings. The SMILES string of the molecule is Cl.O=C(CC1CNCCO1)NCC(O)c1ccc(F)cc1. The van der Waals surface area contributed by atoms with Gasteiger partial charge in [-0.2, -0.15) is 0 Å². The van der Waals surface area contributed by atoms with Crippen molar-refractivity contribution in [3.8, 4) is 0 Å². The highest BCUT2D eigenvalue weighted by Crippen LogP contribution is 2.12. The van der Waals surface area contributed by atoms with Crippen molar-refractivity contribution < 1.29 is 19.0 Å². The summed E-state index contributed by atoms with van der Waals surface area (Å²) in [6.45, 7) is 2.18. The van der Waals surface area contributed by atoms with Crippen molar-refractivity contribution in [2.75, 3.05) is 26.2 Å². The third-order valence-corrected chi connectivity index (χ3v) is 3.16. The predicted molar refractivity (Wildman–Crippen MR) is 78.8 cm³/mol. The van der Waals surface area contributed by atoms with E-state index in [1.54, 1.807) is 0 Å². The number of carbonyl (C=O) groups is 1. The third kappa shape index (κ3) is 5.97. The van der Waals surface area contributed by atoms with Crippen molar-refractivity contribution in [3.63, 3.8) is 0 Å². The van der Waals surface area contributed by atoms with Crippen LogP contribution in [-0.4, -0.2) is 43.4 Å². The second kappa shape index (κ2) is 8.94. The van der Waals surface area contributed by atoms with Gasteiger partial charge >= 0.3 is 0 Å². The molecule has 0 spiro atoms. The highest BCUT2D eigenvalue weighted by molar-refractivity contribution is 5.85. The molecule has 1 heterocycles. The number of hydrogen-bond donors (Lipinski definition) is 3. The first-order valence-corrected chi connectivity index (χ1v) is 6.67. The van der Waals surface area contributed by atoms with Gasteiger partial charge in [0.1, 0.15) is 5.82 Å². The lowest BCUT2D eigenvalue weighted by Crippen LogP contribution is -2.41. The van der Waals surface area contributed by atoms with Crippen LogP contribution < -0.4 is 10.6 Å². The summed E-state index contributed by atoms with van der Waals surface area (Å²) >= 11 is 0. The quantitative estimate of drug-likeness (QED) is 0.750. The molecule has 0 radical (unpaired) electrons. The van der Waals surface area contributed by atoms with Crippen molar-refractivity contribution in [2.24, 2.45) is 0 Å². The van der Waals surface area contributed by atoms with Gasteiger partial charge in [0.05, 0.1) is 25.2 Å². The number of benzene rings is 1. The van der Waals surface area contributed by atoms with Gasteiger partial charge in [-0.3, -0.25) is 4.79 Å². The molecule has 0 aromatic heterocycles. The Hall–Kier alpha value is -1.21. The molecule has 21 heavy (non-hydrogen) atoms. The molecular formula is C14H20ClFN2O3. The van der Waals surface area contributed by atoms with E-state index in [1.165, 1.54) is 24.3 Å². The molecule has 1 aliphatic heterocycles. The van der Waals surface area contributed by atoms with Gasteiger partial charge in [-0.25, -0.2) is 4.39 Å². The van der Waals surface area contributed by atoms with Crippen molar-refractivity contribution in [2.45, 2.75) is 18.6 Å². The average Bonchev–Trinajstić information content (AvgIpc) is 2.46. The number of ether oxygens (including phenoxy) is 1. The van der Waals surface area contributed by atoms with Crippen molar-refractivity contribution in [1.29, 1.82) is 0 Å². The molecule has 1 aliphatic rings. The fourth-order valence-electron chi connectivity index (χ4n) is 2.04. The molecule has 118 valence electrons. The molecule has 1 amide bonds. The second-order valence-corrected chi connectivity index (χ2v) is 4.77. The molecular weight excluding hydrogens is 299 g/mol. The zero-order valence-corrected chi connectivity index (χ0v) is 12.4. The maximum absolute atomic E-state index is 12.8. The minimum Gasteiger partial charge on any atom is -0.387 e. The lowest BCUT2D eigenvalue weighted by Gasteiger charge is -2.23. The first kappa shape index (κ1) is 17.8. The Balaban J connectivity index is 0.00000220. The van der Waals surface area contributed by atoms with Crippen LogP contribution in [0.15, 0.2) is 24.3 Å². The normalized spacial score (nSPS) is 19.4. The topological polar surface area (TPSA) is 70.6 Å². The second-order valence-electron chi connectivity index (χ2n) is 4.77. The number of rotatable bonds is 5. The Morgan fingerprint density at radius 1 is 1.48 bits per heavy atom. The van der Waals surface area contributed by atoms with Crippen LogP contribution in [0.4, 0.5) is 4.39 Å². The summed E-state index contributed by atoms with van der Waals surface area (Å²) in [5, 5.41) is 15.7. The number of hydrogen-bond acceptors (Lipinski definition) is 4. The monoisotopic (exact) mass is 318 g/mol. The molecule has 5 nitrogen and oxygen atoms in total. The molecule has 7 heteroatoms. The van der Waals surface area contributed by atoms with E-state index in [-0.39, 0.29) is 43.2 Å². The first-order valence-electron chi connectivity index (χ1n) is 6.67. The van der Waals surface area contributed by atoms with E-state index < -0.39 is 6.10 Å². The van der Waals surface area contributed by atoms with Crippen molar-refractivity contribution in [1.82, 2.24) is 10.6 Å². The molecule has 2 atom stereocenters. The summed E-state index contributed by atoms with van der Waals surface area (Å²) in [4.78, 5) is 11.7. The van der Waals surface area contributed by atoms with Crippen molar-refractivity contribution >= 4 is 18.3 Å². The Morgan fingerprint density at radius 3 is 2.81 bits per heavy atom. The molecule has 0 saturated carbocycles.